The summed E-state index contributed by atoms with van der Waals surface area (Å²) in [6.45, 7) is 2.12. The average molecular weight is 325 g/mol. The molecule has 0 fully saturated rings. The number of hydrogen-bond donors (Lipinski definition) is 1. The van der Waals surface area contributed by atoms with Gasteiger partial charge in [0, 0.05) is 36.6 Å². The summed E-state index contributed by atoms with van der Waals surface area (Å²) in [6, 6.07) is 10.5. The summed E-state index contributed by atoms with van der Waals surface area (Å²) in [4.78, 5) is 0. The van der Waals surface area contributed by atoms with Crippen molar-refractivity contribution in [2.24, 2.45) is 5.73 Å². The van der Waals surface area contributed by atoms with Gasteiger partial charge in [-0.3, -0.25) is 0 Å². The number of hydrogen-bond acceptors (Lipinski definition) is 5. The summed E-state index contributed by atoms with van der Waals surface area (Å²) in [5.41, 5.74) is 8.74. The number of rotatable bonds is 3. The summed E-state index contributed by atoms with van der Waals surface area (Å²) in [5, 5.41) is 7.95. The van der Waals surface area contributed by atoms with Crippen molar-refractivity contribution in [3.05, 3.63) is 53.7 Å². The van der Waals surface area contributed by atoms with Gasteiger partial charge in [0.25, 0.3) is 0 Å². The normalized spacial score (nSPS) is 16.0. The highest BCUT2D eigenvalue weighted by molar-refractivity contribution is 5.84. The molecule has 4 rings (SSSR count). The molecule has 0 bridgehead atoms. The van der Waals surface area contributed by atoms with Gasteiger partial charge in [0.05, 0.1) is 0 Å². The molecule has 0 spiro atoms. The van der Waals surface area contributed by atoms with Gasteiger partial charge in [-0.2, -0.15) is 0 Å². The second-order valence-electron chi connectivity index (χ2n) is 5.79. The lowest BCUT2D eigenvalue weighted by Crippen LogP contribution is -2.24. The van der Waals surface area contributed by atoms with Crippen molar-refractivity contribution >= 4 is 0 Å². The van der Waals surface area contributed by atoms with Gasteiger partial charge in [0.1, 0.15) is 17.7 Å². The van der Waals surface area contributed by atoms with Gasteiger partial charge in [-0.05, 0) is 23.8 Å². The maximum Gasteiger partial charge on any atom is 0.248 e. The number of ether oxygens (including phenoxy) is 1. The highest BCUT2D eigenvalue weighted by Gasteiger charge is 2.27. The monoisotopic (exact) mass is 325 g/mol. The third-order valence-corrected chi connectivity index (χ3v) is 4.10. The van der Waals surface area contributed by atoms with Crippen LogP contribution in [-0.4, -0.2) is 22.8 Å². The summed E-state index contributed by atoms with van der Waals surface area (Å²) in [6.07, 6.45) is 0.483. The molecule has 24 heavy (non-hydrogen) atoms. The molecule has 0 amide bonds. The van der Waals surface area contributed by atoms with E-state index in [0.717, 1.165) is 16.7 Å². The molecule has 122 valence electrons. The minimum Gasteiger partial charge on any atom is -0.488 e. The molecule has 0 saturated carbocycles. The Balaban J connectivity index is 1.90. The van der Waals surface area contributed by atoms with Crippen LogP contribution < -0.4 is 10.5 Å². The molecule has 0 unspecified atom stereocenters. The number of nitrogens with two attached hydrogens (primary N) is 1. The zero-order chi connectivity index (χ0) is 16.7. The molecule has 0 saturated heterocycles. The number of fused-ring (bicyclic) bond motifs is 1. The molecular weight excluding hydrogens is 309 g/mol. The second kappa shape index (κ2) is 5.72. The highest BCUT2D eigenvalue weighted by atomic mass is 19.1. The Morgan fingerprint density at radius 3 is 2.67 bits per heavy atom. The average Bonchev–Trinajstić information content (AvgIpc) is 3.20. The molecule has 1 aliphatic rings. The van der Waals surface area contributed by atoms with E-state index in [9.17, 15) is 4.39 Å². The molecule has 1 atom stereocenters. The van der Waals surface area contributed by atoms with Gasteiger partial charge in [0.15, 0.2) is 0 Å². The first-order valence-corrected chi connectivity index (χ1v) is 7.74. The fourth-order valence-electron chi connectivity index (χ4n) is 3.04. The smallest absolute Gasteiger partial charge is 0.248 e. The highest BCUT2D eigenvalue weighted by Crippen LogP contribution is 2.42. The molecule has 5 nitrogen and oxygen atoms in total. The second-order valence-corrected chi connectivity index (χ2v) is 5.79. The Bertz CT molecular complexity index is 907. The van der Waals surface area contributed by atoms with Crippen molar-refractivity contribution in [2.75, 3.05) is 6.54 Å². The number of halogens is 1. The molecule has 1 aliphatic heterocycles. The molecule has 2 N–H and O–H groups in total. The van der Waals surface area contributed by atoms with Crippen LogP contribution in [0.1, 0.15) is 11.5 Å². The van der Waals surface area contributed by atoms with Crippen LogP contribution in [-0.2, 0) is 6.42 Å². The van der Waals surface area contributed by atoms with Crippen molar-refractivity contribution in [3.63, 3.8) is 0 Å². The fourth-order valence-corrected chi connectivity index (χ4v) is 3.04. The molecule has 0 radical (unpaired) electrons. The Morgan fingerprint density at radius 2 is 1.96 bits per heavy atom. The van der Waals surface area contributed by atoms with Gasteiger partial charge >= 0.3 is 0 Å². The predicted molar refractivity (Wildman–Crippen MR) is 87.0 cm³/mol. The van der Waals surface area contributed by atoms with Crippen LogP contribution in [0.3, 0.4) is 0 Å². The van der Waals surface area contributed by atoms with Crippen LogP contribution >= 0.6 is 0 Å². The van der Waals surface area contributed by atoms with Gasteiger partial charge in [-0.1, -0.05) is 18.2 Å². The van der Waals surface area contributed by atoms with Gasteiger partial charge < -0.3 is 14.9 Å². The minimum atomic E-state index is -0.304. The number of aryl methyl sites for hydroxylation is 1. The van der Waals surface area contributed by atoms with Gasteiger partial charge in [-0.25, -0.2) is 4.39 Å². The summed E-state index contributed by atoms with van der Waals surface area (Å²) >= 11 is 0. The molecular formula is C18H16FN3O2. The summed E-state index contributed by atoms with van der Waals surface area (Å²) < 4.78 is 25.6. The zero-order valence-corrected chi connectivity index (χ0v) is 13.1. The van der Waals surface area contributed by atoms with Crippen molar-refractivity contribution < 1.29 is 13.5 Å². The third kappa shape index (κ3) is 2.45. The molecule has 1 aromatic heterocycles. The lowest BCUT2D eigenvalue weighted by Gasteiger charge is -2.13. The Labute approximate surface area is 138 Å². The minimum absolute atomic E-state index is 0.127. The largest absolute Gasteiger partial charge is 0.488 e. The molecule has 2 aromatic carbocycles. The first kappa shape index (κ1) is 14.8. The lowest BCUT2D eigenvalue weighted by molar-refractivity contribution is 0.242. The van der Waals surface area contributed by atoms with E-state index in [1.54, 1.807) is 6.92 Å². The maximum absolute atomic E-state index is 14.1. The number of aromatic nitrogens is 2. The van der Waals surface area contributed by atoms with Crippen molar-refractivity contribution in [3.8, 4) is 28.3 Å². The van der Waals surface area contributed by atoms with E-state index in [1.165, 1.54) is 12.1 Å². The molecule has 6 heteroatoms. The van der Waals surface area contributed by atoms with E-state index in [0.29, 0.717) is 36.1 Å². The maximum atomic E-state index is 14.1. The van der Waals surface area contributed by atoms with Gasteiger partial charge in [0.2, 0.25) is 11.8 Å². The van der Waals surface area contributed by atoms with Crippen molar-refractivity contribution in [1.29, 1.82) is 0 Å². The van der Waals surface area contributed by atoms with Crippen LogP contribution in [0.5, 0.6) is 5.75 Å². The van der Waals surface area contributed by atoms with E-state index in [-0.39, 0.29) is 11.9 Å². The van der Waals surface area contributed by atoms with Crippen molar-refractivity contribution in [1.82, 2.24) is 10.2 Å². The topological polar surface area (TPSA) is 74.2 Å². The molecule has 3 aromatic rings. The summed E-state index contributed by atoms with van der Waals surface area (Å²) in [7, 11) is 0. The number of benzene rings is 2. The van der Waals surface area contributed by atoms with Crippen molar-refractivity contribution in [2.45, 2.75) is 19.4 Å². The molecule has 0 aliphatic carbocycles. The van der Waals surface area contributed by atoms with Crippen LogP contribution in [0.2, 0.25) is 0 Å². The summed E-state index contributed by atoms with van der Waals surface area (Å²) in [5.74, 6) is 1.25. The van der Waals surface area contributed by atoms with E-state index >= 15 is 0 Å². The molecule has 2 heterocycles. The third-order valence-electron chi connectivity index (χ3n) is 4.10. The van der Waals surface area contributed by atoms with E-state index in [2.05, 4.69) is 10.2 Å². The van der Waals surface area contributed by atoms with Gasteiger partial charge in [-0.15, -0.1) is 10.2 Å². The van der Waals surface area contributed by atoms with Crippen LogP contribution in [0.4, 0.5) is 4.39 Å². The SMILES string of the molecule is Cc1nnc(-c2ccccc2-c2cc(F)cc3c2O[C@H](CN)C3)o1. The Kier molecular flexibility index (Phi) is 3.54. The van der Waals surface area contributed by atoms with Crippen LogP contribution in [0.15, 0.2) is 40.8 Å². The zero-order valence-electron chi connectivity index (χ0n) is 13.1. The Hall–Kier alpha value is -2.73. The van der Waals surface area contributed by atoms with E-state index in [4.69, 9.17) is 14.9 Å². The predicted octanol–water partition coefficient (Wildman–Crippen LogP) is 3.11. The van der Waals surface area contributed by atoms with E-state index < -0.39 is 0 Å². The van der Waals surface area contributed by atoms with E-state index in [1.807, 2.05) is 24.3 Å². The number of nitrogens with zero attached hydrogens (tertiary/aromatic N) is 2. The van der Waals surface area contributed by atoms with Crippen LogP contribution in [0, 0.1) is 12.7 Å². The fraction of sp³-hybridized carbons (Fsp3) is 0.222. The quantitative estimate of drug-likeness (QED) is 0.801. The Morgan fingerprint density at radius 1 is 1.17 bits per heavy atom. The first-order valence-electron chi connectivity index (χ1n) is 7.74. The van der Waals surface area contributed by atoms with Crippen LogP contribution in [0.25, 0.3) is 22.6 Å². The standard InChI is InChI=1S/C18H16FN3O2/c1-10-21-22-18(23-10)15-5-3-2-4-14(15)16-8-12(19)6-11-7-13(9-20)24-17(11)16/h2-6,8,13H,7,9,20H2,1H3/t13-/m0/s1. The lowest BCUT2D eigenvalue weighted by atomic mass is 9.96. The first-order chi connectivity index (χ1) is 11.7.